The number of benzene rings is 3. The predicted molar refractivity (Wildman–Crippen MR) is 108 cm³/mol. The van der Waals surface area contributed by atoms with E-state index in [0.29, 0.717) is 16.4 Å². The van der Waals surface area contributed by atoms with Gasteiger partial charge in [0.05, 0.1) is 5.57 Å². The molecule has 1 aliphatic heterocycles. The minimum Gasteiger partial charge on any atom is -0.470 e. The van der Waals surface area contributed by atoms with Crippen molar-refractivity contribution in [2.24, 2.45) is 0 Å². The fourth-order valence-electron chi connectivity index (χ4n) is 3.28. The molecule has 0 radical (unpaired) electrons. The maximum atomic E-state index is 13.6. The highest BCUT2D eigenvalue weighted by Gasteiger charge is 2.37. The molecule has 0 fully saturated rings. The van der Waals surface area contributed by atoms with Gasteiger partial charge in [-0.1, -0.05) is 72.3 Å². The molecule has 0 bridgehead atoms. The first kappa shape index (κ1) is 17.4. The first-order valence-electron chi connectivity index (χ1n) is 8.72. The predicted octanol–water partition coefficient (Wildman–Crippen LogP) is 5.83. The number of carbonyl (C=O) groups is 1. The molecule has 3 aromatic rings. The summed E-state index contributed by atoms with van der Waals surface area (Å²) in [6, 6.07) is 26.6. The van der Waals surface area contributed by atoms with Crippen molar-refractivity contribution in [2.75, 3.05) is 4.90 Å². The minimum atomic E-state index is -0.535. The topological polar surface area (TPSA) is 29.5 Å². The van der Waals surface area contributed by atoms with Crippen LogP contribution in [0.15, 0.2) is 90.7 Å². The van der Waals surface area contributed by atoms with Crippen molar-refractivity contribution in [1.29, 1.82) is 0 Å². The summed E-state index contributed by atoms with van der Waals surface area (Å²) >= 11 is 6.04. The van der Waals surface area contributed by atoms with Crippen LogP contribution in [-0.4, -0.2) is 5.91 Å². The third-order valence-corrected chi connectivity index (χ3v) is 4.81. The number of nitrogens with zero attached hydrogens (tertiary/aromatic N) is 1. The molecule has 1 aliphatic rings. The van der Waals surface area contributed by atoms with Crippen molar-refractivity contribution in [1.82, 2.24) is 0 Å². The zero-order chi connectivity index (χ0) is 18.8. The second kappa shape index (κ2) is 7.29. The van der Waals surface area contributed by atoms with Crippen molar-refractivity contribution < 1.29 is 9.53 Å². The van der Waals surface area contributed by atoms with Gasteiger partial charge in [0.2, 0.25) is 6.23 Å². The van der Waals surface area contributed by atoms with Crippen LogP contribution in [-0.2, 0) is 9.53 Å². The van der Waals surface area contributed by atoms with Crippen LogP contribution in [0.25, 0.3) is 5.57 Å². The first-order chi connectivity index (χ1) is 13.1. The van der Waals surface area contributed by atoms with Crippen molar-refractivity contribution >= 4 is 28.8 Å². The highest BCUT2D eigenvalue weighted by molar-refractivity contribution is 6.31. The quantitative estimate of drug-likeness (QED) is 0.576. The van der Waals surface area contributed by atoms with E-state index in [-0.39, 0.29) is 5.91 Å². The van der Waals surface area contributed by atoms with E-state index >= 15 is 0 Å². The number of rotatable bonds is 3. The molecule has 0 aliphatic carbocycles. The highest BCUT2D eigenvalue weighted by Crippen LogP contribution is 2.39. The fourth-order valence-corrected chi connectivity index (χ4v) is 3.40. The van der Waals surface area contributed by atoms with Gasteiger partial charge in [-0.2, -0.15) is 0 Å². The molecule has 0 saturated carbocycles. The Morgan fingerprint density at radius 3 is 2.07 bits per heavy atom. The Morgan fingerprint density at radius 1 is 0.852 bits per heavy atom. The van der Waals surface area contributed by atoms with Crippen molar-refractivity contribution in [3.63, 3.8) is 0 Å². The number of ether oxygens (including phenoxy) is 1. The van der Waals surface area contributed by atoms with E-state index in [4.69, 9.17) is 16.3 Å². The van der Waals surface area contributed by atoms with E-state index in [1.165, 1.54) is 0 Å². The molecule has 1 atom stereocenters. The van der Waals surface area contributed by atoms with Gasteiger partial charge in [-0.3, -0.25) is 9.69 Å². The summed E-state index contributed by atoms with van der Waals surface area (Å²) in [5.74, 6) is 0.520. The van der Waals surface area contributed by atoms with Crippen LogP contribution in [0.5, 0.6) is 0 Å². The number of allylic oxidation sites excluding steroid dienone is 1. The second-order valence-electron chi connectivity index (χ2n) is 6.33. The lowest BCUT2D eigenvalue weighted by Crippen LogP contribution is -2.40. The number of halogens is 1. The van der Waals surface area contributed by atoms with Crippen molar-refractivity contribution in [3.8, 4) is 0 Å². The molecule has 134 valence electrons. The Balaban J connectivity index is 1.86. The third-order valence-electron chi connectivity index (χ3n) is 4.56. The van der Waals surface area contributed by atoms with E-state index < -0.39 is 6.23 Å². The Bertz CT molecular complexity index is 982. The van der Waals surface area contributed by atoms with Gasteiger partial charge in [0.1, 0.15) is 5.76 Å². The summed E-state index contributed by atoms with van der Waals surface area (Å²) in [5, 5.41) is 0.621. The highest BCUT2D eigenvalue weighted by atomic mass is 35.5. The SMILES string of the molecule is CC1=C(c2ccccc2)C(=O)N(c2ccc(Cl)cc2)[C@@H](c2ccccc2)O1. The molecule has 27 heavy (non-hydrogen) atoms. The summed E-state index contributed by atoms with van der Waals surface area (Å²) in [7, 11) is 0. The third kappa shape index (κ3) is 3.34. The molecule has 0 unspecified atom stereocenters. The van der Waals surface area contributed by atoms with Gasteiger partial charge in [-0.25, -0.2) is 0 Å². The summed E-state index contributed by atoms with van der Waals surface area (Å²) in [6.07, 6.45) is -0.535. The molecule has 1 amide bonds. The molecule has 4 heteroatoms. The lowest BCUT2D eigenvalue weighted by atomic mass is 10.00. The van der Waals surface area contributed by atoms with Gasteiger partial charge in [0.25, 0.3) is 5.91 Å². The molecule has 0 spiro atoms. The first-order valence-corrected chi connectivity index (χ1v) is 9.10. The van der Waals surface area contributed by atoms with Crippen molar-refractivity contribution in [3.05, 3.63) is 107 Å². The van der Waals surface area contributed by atoms with E-state index in [9.17, 15) is 4.79 Å². The zero-order valence-corrected chi connectivity index (χ0v) is 15.6. The van der Waals surface area contributed by atoms with Crippen LogP contribution < -0.4 is 4.90 Å². The monoisotopic (exact) mass is 375 g/mol. The molecule has 0 aromatic heterocycles. The van der Waals surface area contributed by atoms with Crippen LogP contribution in [0.3, 0.4) is 0 Å². The fraction of sp³-hybridized carbons (Fsp3) is 0.0870. The number of amides is 1. The van der Waals surface area contributed by atoms with Gasteiger partial charge in [0, 0.05) is 16.3 Å². The van der Waals surface area contributed by atoms with Gasteiger partial charge in [0.15, 0.2) is 0 Å². The van der Waals surface area contributed by atoms with E-state index in [2.05, 4.69) is 0 Å². The minimum absolute atomic E-state index is 0.0962. The smallest absolute Gasteiger partial charge is 0.265 e. The lowest BCUT2D eigenvalue weighted by molar-refractivity contribution is -0.117. The number of carbonyl (C=O) groups excluding carboxylic acids is 1. The Hall–Kier alpha value is -3.04. The van der Waals surface area contributed by atoms with Gasteiger partial charge < -0.3 is 4.74 Å². The molecule has 1 heterocycles. The van der Waals surface area contributed by atoms with Crippen LogP contribution in [0.4, 0.5) is 5.69 Å². The number of anilines is 1. The second-order valence-corrected chi connectivity index (χ2v) is 6.77. The molecule has 3 aromatic carbocycles. The van der Waals surface area contributed by atoms with E-state index in [1.54, 1.807) is 17.0 Å². The zero-order valence-electron chi connectivity index (χ0n) is 14.8. The summed E-state index contributed by atoms with van der Waals surface area (Å²) in [6.45, 7) is 1.84. The molecular weight excluding hydrogens is 358 g/mol. The van der Waals surface area contributed by atoms with Gasteiger partial charge in [-0.05, 0) is 36.8 Å². The normalized spacial score (nSPS) is 17.0. The largest absolute Gasteiger partial charge is 0.470 e. The van der Waals surface area contributed by atoms with Crippen LogP contribution in [0.1, 0.15) is 24.3 Å². The molecule has 3 nitrogen and oxygen atoms in total. The van der Waals surface area contributed by atoms with Crippen LogP contribution >= 0.6 is 11.6 Å². The molecule has 4 rings (SSSR count). The maximum Gasteiger partial charge on any atom is 0.265 e. The average Bonchev–Trinajstić information content (AvgIpc) is 2.70. The van der Waals surface area contributed by atoms with E-state index in [0.717, 1.165) is 16.8 Å². The molecule has 0 saturated heterocycles. The average molecular weight is 376 g/mol. The number of hydrogen-bond donors (Lipinski definition) is 0. The van der Waals surface area contributed by atoms with Gasteiger partial charge >= 0.3 is 0 Å². The van der Waals surface area contributed by atoms with Crippen molar-refractivity contribution in [2.45, 2.75) is 13.2 Å². The van der Waals surface area contributed by atoms with Gasteiger partial charge in [-0.15, -0.1) is 0 Å². The van der Waals surface area contributed by atoms with Crippen LogP contribution in [0.2, 0.25) is 5.02 Å². The standard InChI is InChI=1S/C23H18ClNO2/c1-16-21(17-8-4-2-5-9-17)22(26)25(20-14-12-19(24)13-15-20)23(27-16)18-10-6-3-7-11-18/h2-15,23H,1H3/t23-/m1/s1. The maximum absolute atomic E-state index is 13.6. The summed E-state index contributed by atoms with van der Waals surface area (Å²) in [4.78, 5) is 15.2. The molecular formula is C23H18ClNO2. The Morgan fingerprint density at radius 2 is 1.44 bits per heavy atom. The Kier molecular flexibility index (Phi) is 4.69. The number of hydrogen-bond acceptors (Lipinski definition) is 2. The molecule has 0 N–H and O–H groups in total. The summed E-state index contributed by atoms with van der Waals surface area (Å²) in [5.41, 5.74) is 3.05. The van der Waals surface area contributed by atoms with E-state index in [1.807, 2.05) is 79.7 Å². The summed E-state index contributed by atoms with van der Waals surface area (Å²) < 4.78 is 6.26. The Labute approximate surface area is 163 Å². The van der Waals surface area contributed by atoms with Crippen LogP contribution in [0, 0.1) is 0 Å². The lowest BCUT2D eigenvalue weighted by Gasteiger charge is -2.37.